The van der Waals surface area contributed by atoms with Crippen molar-refractivity contribution in [2.45, 2.75) is 19.0 Å². The number of amides is 3. The molecule has 3 amide bonds. The molecule has 0 radical (unpaired) electrons. The average Bonchev–Trinajstić information content (AvgIpc) is 3.78. The van der Waals surface area contributed by atoms with Gasteiger partial charge in [-0.1, -0.05) is 11.6 Å². The van der Waals surface area contributed by atoms with Crippen LogP contribution in [0.15, 0.2) is 49.1 Å². The summed E-state index contributed by atoms with van der Waals surface area (Å²) in [7, 11) is 1.41. The maximum absolute atomic E-state index is 14.0. The van der Waals surface area contributed by atoms with Crippen molar-refractivity contribution in [3.63, 3.8) is 0 Å². The zero-order valence-corrected chi connectivity index (χ0v) is 30.5. The van der Waals surface area contributed by atoms with Crippen molar-refractivity contribution in [3.8, 4) is 17.2 Å². The molecule has 3 aromatic heterocycles. The molecule has 0 aliphatic carbocycles. The molecule has 3 aliphatic rings. The summed E-state index contributed by atoms with van der Waals surface area (Å²) in [5.74, 6) is -0.348. The number of carboxylic acid groups (broad SMARTS) is 1. The molecule has 55 heavy (non-hydrogen) atoms. The van der Waals surface area contributed by atoms with Crippen LogP contribution in [-0.4, -0.2) is 132 Å². The molecule has 1 aromatic carbocycles. The number of hydrogen-bond acceptors (Lipinski definition) is 10. The zero-order valence-electron chi connectivity index (χ0n) is 29.7. The van der Waals surface area contributed by atoms with Gasteiger partial charge >= 0.3 is 6.18 Å². The van der Waals surface area contributed by atoms with E-state index in [1.165, 1.54) is 48.3 Å². The Morgan fingerprint density at radius 1 is 1.02 bits per heavy atom. The second kappa shape index (κ2) is 17.0. The standard InChI is InChI=1S/C34H37ClF3N11O3.CH2O2/c1-45-27(25-20-49(33-40-7-2-8-41-33)44-28(25)34(36,37)38)18-42-29(45)30(50)43-23-3-4-24(26(35)15-23)32(52)48-13-11-47(12-14-48)31(51)22-5-9-46(10-6-22)19-21-16-39-17-21;2-1-3/h2-4,7-8,15,18,20-22,39H,5-6,9-14,16-17,19H2,1H3,(H,43,50);1H,(H,2,3). The van der Waals surface area contributed by atoms with Gasteiger partial charge in [0.05, 0.1) is 28.0 Å². The quantitative estimate of drug-likeness (QED) is 0.223. The summed E-state index contributed by atoms with van der Waals surface area (Å²) in [5.41, 5.74) is -1.02. The lowest BCUT2D eigenvalue weighted by atomic mass is 9.93. The lowest BCUT2D eigenvalue weighted by Gasteiger charge is -2.40. The minimum Gasteiger partial charge on any atom is -0.483 e. The van der Waals surface area contributed by atoms with Crippen molar-refractivity contribution in [1.82, 2.24) is 49.3 Å². The van der Waals surface area contributed by atoms with Crippen LogP contribution in [0.1, 0.15) is 39.5 Å². The molecule has 3 aliphatic heterocycles. The molecule has 292 valence electrons. The van der Waals surface area contributed by atoms with E-state index in [4.69, 9.17) is 21.5 Å². The Bertz CT molecular complexity index is 2010. The van der Waals surface area contributed by atoms with Gasteiger partial charge in [0.15, 0.2) is 11.5 Å². The largest absolute Gasteiger partial charge is 0.483 e. The third-order valence-electron chi connectivity index (χ3n) is 9.86. The van der Waals surface area contributed by atoms with E-state index in [0.29, 0.717) is 32.1 Å². The van der Waals surface area contributed by atoms with E-state index in [-0.39, 0.29) is 63.5 Å². The molecule has 6 heterocycles. The lowest BCUT2D eigenvalue weighted by molar-refractivity contribution is -0.141. The van der Waals surface area contributed by atoms with Gasteiger partial charge in [0.25, 0.3) is 18.3 Å². The Kier molecular flexibility index (Phi) is 12.1. The number of aromatic nitrogens is 6. The van der Waals surface area contributed by atoms with Crippen molar-refractivity contribution >= 4 is 41.5 Å². The van der Waals surface area contributed by atoms with Gasteiger partial charge in [-0.3, -0.25) is 19.2 Å². The van der Waals surface area contributed by atoms with Crippen LogP contribution in [0.4, 0.5) is 18.9 Å². The highest BCUT2D eigenvalue weighted by Crippen LogP contribution is 2.37. The van der Waals surface area contributed by atoms with Gasteiger partial charge in [0, 0.05) is 83.1 Å². The Labute approximate surface area is 318 Å². The van der Waals surface area contributed by atoms with Gasteiger partial charge in [0.1, 0.15) is 0 Å². The third-order valence-corrected chi connectivity index (χ3v) is 10.2. The van der Waals surface area contributed by atoms with E-state index in [1.54, 1.807) is 4.90 Å². The van der Waals surface area contributed by atoms with Crippen molar-refractivity contribution < 1.29 is 37.5 Å². The summed E-state index contributed by atoms with van der Waals surface area (Å²) in [6, 6.07) is 5.97. The molecular formula is C35H39ClF3N11O5. The Morgan fingerprint density at radius 3 is 2.27 bits per heavy atom. The number of benzene rings is 1. The van der Waals surface area contributed by atoms with E-state index in [2.05, 4.69) is 35.6 Å². The summed E-state index contributed by atoms with van der Waals surface area (Å²) in [4.78, 5) is 66.2. The second-order valence-electron chi connectivity index (χ2n) is 13.4. The Morgan fingerprint density at radius 2 is 1.67 bits per heavy atom. The fourth-order valence-electron chi connectivity index (χ4n) is 6.87. The number of piperazine rings is 1. The maximum Gasteiger partial charge on any atom is 0.435 e. The molecule has 7 rings (SSSR count). The van der Waals surface area contributed by atoms with Crippen LogP contribution < -0.4 is 10.6 Å². The topological polar surface area (TPSA) is 184 Å². The minimum absolute atomic E-state index is 0.0111. The lowest BCUT2D eigenvalue weighted by Crippen LogP contribution is -2.53. The van der Waals surface area contributed by atoms with Crippen LogP contribution in [-0.2, 0) is 22.8 Å². The Balaban J connectivity index is 0.00000166. The smallest absolute Gasteiger partial charge is 0.435 e. The molecule has 0 atom stereocenters. The molecule has 16 nitrogen and oxygen atoms in total. The number of hydrogen-bond donors (Lipinski definition) is 3. The minimum atomic E-state index is -4.81. The SMILES string of the molecule is Cn1c(-c2cn(-c3ncccn3)nc2C(F)(F)F)cnc1C(=O)Nc1ccc(C(=O)N2CCN(C(=O)C3CCN(CC4CNC4)CC3)CC2)c(Cl)c1.O=CO. The molecule has 3 N–H and O–H groups in total. The number of halogens is 4. The first-order valence-corrected chi connectivity index (χ1v) is 17.9. The molecular weight excluding hydrogens is 747 g/mol. The first-order valence-electron chi connectivity index (χ1n) is 17.5. The summed E-state index contributed by atoms with van der Waals surface area (Å²) in [6.07, 6.45) is 1.93. The van der Waals surface area contributed by atoms with Gasteiger partial charge in [0.2, 0.25) is 11.9 Å². The summed E-state index contributed by atoms with van der Waals surface area (Å²) in [5, 5.41) is 16.6. The van der Waals surface area contributed by atoms with Gasteiger partial charge in [-0.15, -0.1) is 0 Å². The molecule has 0 bridgehead atoms. The van der Waals surface area contributed by atoms with Crippen LogP contribution >= 0.6 is 11.6 Å². The van der Waals surface area contributed by atoms with E-state index in [0.717, 1.165) is 62.6 Å². The summed E-state index contributed by atoms with van der Waals surface area (Å²) >= 11 is 6.52. The average molecular weight is 786 g/mol. The number of carbonyl (C=O) groups is 4. The molecule has 0 unspecified atom stereocenters. The van der Waals surface area contributed by atoms with Gasteiger partial charge < -0.3 is 35.0 Å². The summed E-state index contributed by atoms with van der Waals surface area (Å²) < 4.78 is 44.1. The highest BCUT2D eigenvalue weighted by molar-refractivity contribution is 6.34. The third kappa shape index (κ3) is 8.95. The van der Waals surface area contributed by atoms with E-state index in [9.17, 15) is 27.6 Å². The molecule has 3 saturated heterocycles. The molecule has 0 spiro atoms. The molecule has 0 saturated carbocycles. The number of rotatable bonds is 8. The van der Waals surface area contributed by atoms with Crippen LogP contribution in [0.3, 0.4) is 0 Å². The first-order chi connectivity index (χ1) is 26.4. The van der Waals surface area contributed by atoms with Crippen molar-refractivity contribution in [1.29, 1.82) is 0 Å². The maximum atomic E-state index is 14.0. The predicted octanol–water partition coefficient (Wildman–Crippen LogP) is 2.90. The first kappa shape index (κ1) is 39.3. The predicted molar refractivity (Wildman–Crippen MR) is 192 cm³/mol. The number of likely N-dealkylation sites (tertiary alicyclic amines) is 1. The highest BCUT2D eigenvalue weighted by Gasteiger charge is 2.39. The molecule has 4 aromatic rings. The Hall–Kier alpha value is -5.40. The number of nitrogens with one attached hydrogen (secondary N) is 2. The number of nitrogens with zero attached hydrogens (tertiary/aromatic N) is 9. The molecule has 3 fully saturated rings. The van der Waals surface area contributed by atoms with Crippen LogP contribution in [0.5, 0.6) is 0 Å². The van der Waals surface area contributed by atoms with Crippen LogP contribution in [0.2, 0.25) is 5.02 Å². The fourth-order valence-corrected chi connectivity index (χ4v) is 7.13. The monoisotopic (exact) mass is 785 g/mol. The number of carbonyl (C=O) groups excluding carboxylic acids is 3. The van der Waals surface area contributed by atoms with Crippen molar-refractivity contribution in [2.24, 2.45) is 18.9 Å². The van der Waals surface area contributed by atoms with Crippen molar-refractivity contribution in [3.05, 3.63) is 71.2 Å². The fraction of sp³-hybridized carbons (Fsp3) is 0.429. The molecule has 20 heteroatoms. The van der Waals surface area contributed by atoms with E-state index < -0.39 is 17.8 Å². The zero-order chi connectivity index (χ0) is 39.3. The van der Waals surface area contributed by atoms with E-state index in [1.807, 2.05) is 4.90 Å². The summed E-state index contributed by atoms with van der Waals surface area (Å²) in [6.45, 7) is 6.50. The second-order valence-corrected chi connectivity index (χ2v) is 13.8. The number of anilines is 1. The number of alkyl halides is 3. The van der Waals surface area contributed by atoms with Crippen LogP contribution in [0.25, 0.3) is 17.2 Å². The van der Waals surface area contributed by atoms with Gasteiger partial charge in [-0.05, 0) is 56.1 Å². The highest BCUT2D eigenvalue weighted by atomic mass is 35.5. The number of piperidine rings is 1. The van der Waals surface area contributed by atoms with Gasteiger partial charge in [-0.2, -0.15) is 18.3 Å². The van der Waals surface area contributed by atoms with E-state index >= 15 is 0 Å². The van der Waals surface area contributed by atoms with Crippen molar-refractivity contribution in [2.75, 3.05) is 64.2 Å². The number of imidazole rings is 1. The normalized spacial score (nSPS) is 16.9. The van der Waals surface area contributed by atoms with Crippen LogP contribution in [0, 0.1) is 11.8 Å². The van der Waals surface area contributed by atoms with Gasteiger partial charge in [-0.25, -0.2) is 19.6 Å².